The highest BCUT2D eigenvalue weighted by Gasteiger charge is 2.50. The monoisotopic (exact) mass is 326 g/mol. The van der Waals surface area contributed by atoms with Gasteiger partial charge in [-0.15, -0.1) is 0 Å². The van der Waals surface area contributed by atoms with Gasteiger partial charge in [0.25, 0.3) is 0 Å². The van der Waals surface area contributed by atoms with Crippen LogP contribution in [0.5, 0.6) is 0 Å². The summed E-state index contributed by atoms with van der Waals surface area (Å²) in [5.74, 6) is 0. The van der Waals surface area contributed by atoms with Crippen molar-refractivity contribution in [3.8, 4) is 0 Å². The standard InChI is InChI=1S/C12H22O10/c1-19-9-6(15)5(3-14)21-12(8(9)17)22-10-7(16)4(2-13)20-11(10)18/h4-18H,2-3H2,1H3/t4-,5+,6+,7-,8+,9-,10+,11+,12-/m0/s1. The lowest BCUT2D eigenvalue weighted by Gasteiger charge is -2.42. The van der Waals surface area contributed by atoms with Gasteiger partial charge in [-0.25, -0.2) is 0 Å². The fourth-order valence-electron chi connectivity index (χ4n) is 2.62. The van der Waals surface area contributed by atoms with Crippen LogP contribution in [-0.4, -0.2) is 106 Å². The molecule has 130 valence electrons. The van der Waals surface area contributed by atoms with E-state index in [2.05, 4.69) is 0 Å². The van der Waals surface area contributed by atoms with Crippen LogP contribution in [0, 0.1) is 0 Å². The molecule has 2 aliphatic rings. The molecule has 2 aliphatic heterocycles. The summed E-state index contributed by atoms with van der Waals surface area (Å²) >= 11 is 0. The number of rotatable bonds is 5. The quantitative estimate of drug-likeness (QED) is 0.293. The number of aliphatic hydroxyl groups is 6. The minimum atomic E-state index is -1.52. The molecule has 2 rings (SSSR count). The molecule has 0 bridgehead atoms. The van der Waals surface area contributed by atoms with Crippen molar-refractivity contribution in [2.24, 2.45) is 0 Å². The maximum atomic E-state index is 10.1. The lowest BCUT2D eigenvalue weighted by molar-refractivity contribution is -0.327. The van der Waals surface area contributed by atoms with Gasteiger partial charge in [-0.2, -0.15) is 0 Å². The molecule has 0 aromatic carbocycles. The van der Waals surface area contributed by atoms with Gasteiger partial charge >= 0.3 is 0 Å². The van der Waals surface area contributed by atoms with Crippen LogP contribution in [0.15, 0.2) is 0 Å². The topological polar surface area (TPSA) is 158 Å². The van der Waals surface area contributed by atoms with Crippen LogP contribution in [0.2, 0.25) is 0 Å². The van der Waals surface area contributed by atoms with Crippen molar-refractivity contribution >= 4 is 0 Å². The number of aliphatic hydroxyl groups excluding tert-OH is 6. The molecular weight excluding hydrogens is 304 g/mol. The molecule has 10 nitrogen and oxygen atoms in total. The van der Waals surface area contributed by atoms with Crippen molar-refractivity contribution in [3.05, 3.63) is 0 Å². The van der Waals surface area contributed by atoms with Crippen LogP contribution >= 0.6 is 0 Å². The average Bonchev–Trinajstić information content (AvgIpc) is 2.77. The average molecular weight is 326 g/mol. The molecule has 0 aromatic heterocycles. The van der Waals surface area contributed by atoms with Gasteiger partial charge in [-0.3, -0.25) is 0 Å². The van der Waals surface area contributed by atoms with E-state index in [0.717, 1.165) is 0 Å². The highest BCUT2D eigenvalue weighted by Crippen LogP contribution is 2.29. The summed E-state index contributed by atoms with van der Waals surface area (Å²) in [6.07, 6.45) is -11.4. The molecule has 0 aliphatic carbocycles. The summed E-state index contributed by atoms with van der Waals surface area (Å²) in [5, 5.41) is 57.8. The Balaban J connectivity index is 2.07. The highest BCUT2D eigenvalue weighted by molar-refractivity contribution is 4.93. The number of hydrogen-bond donors (Lipinski definition) is 6. The van der Waals surface area contributed by atoms with E-state index in [1.807, 2.05) is 0 Å². The van der Waals surface area contributed by atoms with E-state index in [-0.39, 0.29) is 0 Å². The van der Waals surface area contributed by atoms with Crippen LogP contribution in [0.3, 0.4) is 0 Å². The van der Waals surface area contributed by atoms with Crippen molar-refractivity contribution in [2.75, 3.05) is 20.3 Å². The highest BCUT2D eigenvalue weighted by atomic mass is 16.7. The Morgan fingerprint density at radius 3 is 1.86 bits per heavy atom. The molecule has 0 radical (unpaired) electrons. The van der Waals surface area contributed by atoms with Gasteiger partial charge in [0.2, 0.25) is 0 Å². The molecule has 0 aromatic rings. The fourth-order valence-corrected chi connectivity index (χ4v) is 2.62. The molecule has 6 N–H and O–H groups in total. The van der Waals surface area contributed by atoms with Gasteiger partial charge in [0, 0.05) is 7.11 Å². The van der Waals surface area contributed by atoms with E-state index in [4.69, 9.17) is 24.1 Å². The first-order valence-electron chi connectivity index (χ1n) is 6.87. The first-order valence-corrected chi connectivity index (χ1v) is 6.87. The predicted octanol–water partition coefficient (Wildman–Crippen LogP) is -4.10. The zero-order valence-electron chi connectivity index (χ0n) is 11.9. The summed E-state index contributed by atoms with van der Waals surface area (Å²) in [5.41, 5.74) is 0. The first kappa shape index (κ1) is 17.9. The van der Waals surface area contributed by atoms with Crippen LogP contribution in [0.1, 0.15) is 0 Å². The van der Waals surface area contributed by atoms with E-state index >= 15 is 0 Å². The number of ether oxygens (including phenoxy) is 4. The van der Waals surface area contributed by atoms with Gasteiger partial charge in [0.1, 0.15) is 42.7 Å². The van der Waals surface area contributed by atoms with E-state index in [0.29, 0.717) is 0 Å². The van der Waals surface area contributed by atoms with E-state index in [9.17, 15) is 25.5 Å². The van der Waals surface area contributed by atoms with Crippen molar-refractivity contribution in [3.63, 3.8) is 0 Å². The normalized spacial score (nSPS) is 49.5. The summed E-state index contributed by atoms with van der Waals surface area (Å²) in [6, 6.07) is 0. The molecule has 2 fully saturated rings. The fraction of sp³-hybridized carbons (Fsp3) is 1.00. The lowest BCUT2D eigenvalue weighted by atomic mass is 9.99. The summed E-state index contributed by atoms with van der Waals surface area (Å²) < 4.78 is 20.4. The Hall–Kier alpha value is -0.400. The van der Waals surface area contributed by atoms with Crippen molar-refractivity contribution in [1.82, 2.24) is 0 Å². The zero-order chi connectivity index (χ0) is 16.4. The zero-order valence-corrected chi connectivity index (χ0v) is 11.9. The third-order valence-electron chi connectivity index (χ3n) is 3.88. The van der Waals surface area contributed by atoms with Crippen molar-refractivity contribution < 1.29 is 49.6 Å². The Bertz CT molecular complexity index is 355. The van der Waals surface area contributed by atoms with Crippen LogP contribution < -0.4 is 0 Å². The molecule has 9 atom stereocenters. The molecule has 0 unspecified atom stereocenters. The summed E-state index contributed by atoms with van der Waals surface area (Å²) in [7, 11) is 1.26. The molecule has 10 heteroatoms. The van der Waals surface area contributed by atoms with Gasteiger partial charge < -0.3 is 49.6 Å². The molecule has 2 saturated heterocycles. The molecular formula is C12H22O10. The summed E-state index contributed by atoms with van der Waals surface area (Å²) in [6.45, 7) is -1.07. The molecule has 0 spiro atoms. The van der Waals surface area contributed by atoms with Gasteiger partial charge in [0.15, 0.2) is 12.6 Å². The Kier molecular flexibility index (Phi) is 6.07. The van der Waals surface area contributed by atoms with Gasteiger partial charge in [0.05, 0.1) is 13.2 Å². The van der Waals surface area contributed by atoms with Crippen LogP contribution in [0.25, 0.3) is 0 Å². The van der Waals surface area contributed by atoms with Gasteiger partial charge in [-0.05, 0) is 0 Å². The predicted molar refractivity (Wildman–Crippen MR) is 67.4 cm³/mol. The van der Waals surface area contributed by atoms with Gasteiger partial charge in [-0.1, -0.05) is 0 Å². The third kappa shape index (κ3) is 3.26. The first-order chi connectivity index (χ1) is 10.4. The third-order valence-corrected chi connectivity index (χ3v) is 3.88. The summed E-state index contributed by atoms with van der Waals surface area (Å²) in [4.78, 5) is 0. The van der Waals surface area contributed by atoms with Crippen LogP contribution in [0.4, 0.5) is 0 Å². The molecule has 0 saturated carbocycles. The minimum Gasteiger partial charge on any atom is -0.394 e. The number of hydrogen-bond acceptors (Lipinski definition) is 10. The smallest absolute Gasteiger partial charge is 0.187 e. The maximum absolute atomic E-state index is 10.1. The second kappa shape index (κ2) is 7.45. The Morgan fingerprint density at radius 1 is 0.818 bits per heavy atom. The van der Waals surface area contributed by atoms with Crippen molar-refractivity contribution in [1.29, 1.82) is 0 Å². The molecule has 22 heavy (non-hydrogen) atoms. The van der Waals surface area contributed by atoms with E-state index < -0.39 is 68.5 Å². The molecule has 2 heterocycles. The van der Waals surface area contributed by atoms with Crippen LogP contribution in [-0.2, 0) is 18.9 Å². The van der Waals surface area contributed by atoms with E-state index in [1.54, 1.807) is 0 Å². The van der Waals surface area contributed by atoms with E-state index in [1.165, 1.54) is 7.11 Å². The SMILES string of the molecule is CO[C@@H]1[C@@H](O)[C@H](O[C@@H]2[C@@H](O)[C@H](CO)O[C@H]2O)O[C@H](CO)[C@H]1O. The second-order valence-electron chi connectivity index (χ2n) is 5.25. The Morgan fingerprint density at radius 2 is 1.36 bits per heavy atom. The van der Waals surface area contributed by atoms with Crippen molar-refractivity contribution in [2.45, 2.75) is 55.3 Å². The maximum Gasteiger partial charge on any atom is 0.187 e. The largest absolute Gasteiger partial charge is 0.394 e. The molecule has 0 amide bonds. The Labute approximate surface area is 126 Å². The second-order valence-corrected chi connectivity index (χ2v) is 5.25. The lowest BCUT2D eigenvalue weighted by Crippen LogP contribution is -2.61. The minimum absolute atomic E-state index is 0.523. The number of methoxy groups -OCH3 is 1.